The van der Waals surface area contributed by atoms with Gasteiger partial charge in [-0.1, -0.05) is 0 Å². The van der Waals surface area contributed by atoms with E-state index in [0.717, 1.165) is 37.4 Å². The van der Waals surface area contributed by atoms with Gasteiger partial charge in [-0.3, -0.25) is 4.68 Å². The summed E-state index contributed by atoms with van der Waals surface area (Å²) in [6.45, 7) is 2.00. The number of nitrogens with zero attached hydrogens (tertiary/aromatic N) is 5. The average molecular weight is 282 g/mol. The first-order valence-corrected chi connectivity index (χ1v) is 7.11. The highest BCUT2D eigenvalue weighted by Crippen LogP contribution is 2.20. The van der Waals surface area contributed by atoms with E-state index >= 15 is 0 Å². The Labute approximate surface area is 124 Å². The highest BCUT2D eigenvalue weighted by atomic mass is 15.3. The second kappa shape index (κ2) is 5.83. The molecular formula is C15H18N6. The molecule has 1 N–H and O–H groups in total. The molecule has 1 aliphatic rings. The lowest BCUT2D eigenvalue weighted by Gasteiger charge is -2.34. The van der Waals surface area contributed by atoms with E-state index in [1.165, 1.54) is 0 Å². The fourth-order valence-electron chi connectivity index (χ4n) is 2.66. The van der Waals surface area contributed by atoms with Gasteiger partial charge < -0.3 is 10.2 Å². The Hall–Kier alpha value is -2.55. The van der Waals surface area contributed by atoms with Crippen LogP contribution in [0.5, 0.6) is 0 Å². The van der Waals surface area contributed by atoms with Gasteiger partial charge in [0.15, 0.2) is 0 Å². The molecule has 0 aromatic carbocycles. The third kappa shape index (κ3) is 3.14. The first-order chi connectivity index (χ1) is 10.2. The average Bonchev–Trinajstić information content (AvgIpc) is 2.95. The molecule has 21 heavy (non-hydrogen) atoms. The molecule has 6 heteroatoms. The minimum atomic E-state index is 0.361. The van der Waals surface area contributed by atoms with Crippen molar-refractivity contribution in [3.05, 3.63) is 36.3 Å². The molecular weight excluding hydrogens is 264 g/mol. The lowest BCUT2D eigenvalue weighted by atomic mass is 10.1. The predicted octanol–water partition coefficient (Wildman–Crippen LogP) is 1.77. The number of nitriles is 1. The number of rotatable bonds is 3. The highest BCUT2D eigenvalue weighted by molar-refractivity contribution is 5.45. The van der Waals surface area contributed by atoms with Gasteiger partial charge in [-0.15, -0.1) is 0 Å². The molecule has 0 saturated carbocycles. The van der Waals surface area contributed by atoms with Crippen LogP contribution in [0.2, 0.25) is 0 Å². The van der Waals surface area contributed by atoms with Crippen molar-refractivity contribution in [3.63, 3.8) is 0 Å². The summed E-state index contributed by atoms with van der Waals surface area (Å²) in [6, 6.07) is 6.09. The van der Waals surface area contributed by atoms with E-state index in [9.17, 15) is 0 Å². The molecule has 0 unspecified atom stereocenters. The second-order valence-corrected chi connectivity index (χ2v) is 5.35. The molecule has 0 spiro atoms. The lowest BCUT2D eigenvalue weighted by Crippen LogP contribution is -2.42. The van der Waals surface area contributed by atoms with Gasteiger partial charge in [-0.25, -0.2) is 4.98 Å². The number of aromatic nitrogens is 3. The van der Waals surface area contributed by atoms with Crippen LogP contribution in [0, 0.1) is 11.3 Å². The molecule has 0 amide bonds. The summed E-state index contributed by atoms with van der Waals surface area (Å²) in [6.07, 6.45) is 7.82. The van der Waals surface area contributed by atoms with Crippen molar-refractivity contribution in [1.82, 2.24) is 14.8 Å². The van der Waals surface area contributed by atoms with Crippen LogP contribution in [0.3, 0.4) is 0 Å². The smallest absolute Gasteiger partial charge is 0.126 e. The van der Waals surface area contributed by atoms with E-state index in [1.54, 1.807) is 12.3 Å². The first kappa shape index (κ1) is 13.4. The van der Waals surface area contributed by atoms with Crippen molar-refractivity contribution in [2.24, 2.45) is 7.05 Å². The van der Waals surface area contributed by atoms with Gasteiger partial charge in [0.1, 0.15) is 11.9 Å². The summed E-state index contributed by atoms with van der Waals surface area (Å²) in [5.74, 6) is 0.826. The summed E-state index contributed by atoms with van der Waals surface area (Å²) in [5.41, 5.74) is 1.75. The molecule has 1 aliphatic heterocycles. The Morgan fingerprint density at radius 3 is 2.95 bits per heavy atom. The van der Waals surface area contributed by atoms with Gasteiger partial charge in [0.05, 0.1) is 17.4 Å². The minimum absolute atomic E-state index is 0.361. The van der Waals surface area contributed by atoms with Crippen LogP contribution >= 0.6 is 0 Å². The maximum Gasteiger partial charge on any atom is 0.126 e. The zero-order chi connectivity index (χ0) is 14.7. The third-order valence-electron chi connectivity index (χ3n) is 3.72. The van der Waals surface area contributed by atoms with Gasteiger partial charge in [-0.2, -0.15) is 10.4 Å². The Morgan fingerprint density at radius 1 is 1.38 bits per heavy atom. The fraction of sp³-hybridized carbons (Fsp3) is 0.400. The van der Waals surface area contributed by atoms with Crippen LogP contribution in [0.15, 0.2) is 30.7 Å². The van der Waals surface area contributed by atoms with Gasteiger partial charge >= 0.3 is 0 Å². The molecule has 2 aromatic heterocycles. The summed E-state index contributed by atoms with van der Waals surface area (Å²) < 4.78 is 1.83. The van der Waals surface area contributed by atoms with E-state index in [-0.39, 0.29) is 0 Å². The number of nitrogens with one attached hydrogen (secondary N) is 1. The largest absolute Gasteiger partial charge is 0.367 e. The SMILES string of the molecule is Cn1cc(N2CCC[C@@H](Nc3ccc(C#N)cn3)C2)cn1. The normalized spacial score (nSPS) is 18.3. The van der Waals surface area contributed by atoms with Crippen molar-refractivity contribution in [3.8, 4) is 6.07 Å². The first-order valence-electron chi connectivity index (χ1n) is 7.11. The summed E-state index contributed by atoms with van der Waals surface area (Å²) in [5, 5.41) is 16.5. The molecule has 0 bridgehead atoms. The van der Waals surface area contributed by atoms with Crippen LogP contribution in [-0.4, -0.2) is 33.9 Å². The topological polar surface area (TPSA) is 69.8 Å². The maximum absolute atomic E-state index is 8.79. The molecule has 1 saturated heterocycles. The summed E-state index contributed by atoms with van der Waals surface area (Å²) in [7, 11) is 1.93. The molecule has 2 aromatic rings. The van der Waals surface area contributed by atoms with Crippen LogP contribution in [0.25, 0.3) is 0 Å². The predicted molar refractivity (Wildman–Crippen MR) is 81.0 cm³/mol. The van der Waals surface area contributed by atoms with E-state index in [4.69, 9.17) is 5.26 Å². The number of piperidine rings is 1. The van der Waals surface area contributed by atoms with Crippen LogP contribution in [0.4, 0.5) is 11.5 Å². The highest BCUT2D eigenvalue weighted by Gasteiger charge is 2.21. The molecule has 108 valence electrons. The van der Waals surface area contributed by atoms with E-state index in [1.807, 2.05) is 30.2 Å². The van der Waals surface area contributed by atoms with Crippen molar-refractivity contribution >= 4 is 11.5 Å². The Bertz CT molecular complexity index is 639. The minimum Gasteiger partial charge on any atom is -0.367 e. The van der Waals surface area contributed by atoms with Crippen LogP contribution < -0.4 is 10.2 Å². The Morgan fingerprint density at radius 2 is 2.29 bits per heavy atom. The van der Waals surface area contributed by atoms with Gasteiger partial charge in [0.25, 0.3) is 0 Å². The number of hydrogen-bond donors (Lipinski definition) is 1. The number of pyridine rings is 1. The van der Waals surface area contributed by atoms with Gasteiger partial charge in [0, 0.05) is 38.6 Å². The van der Waals surface area contributed by atoms with Crippen molar-refractivity contribution in [1.29, 1.82) is 5.26 Å². The fourth-order valence-corrected chi connectivity index (χ4v) is 2.66. The standard InChI is InChI=1S/C15H18N6/c1-20-11-14(9-18-20)21-6-2-3-13(10-21)19-15-5-4-12(7-16)8-17-15/h4-5,8-9,11,13H,2-3,6,10H2,1H3,(H,17,19)/t13-/m1/s1. The zero-order valence-electron chi connectivity index (χ0n) is 12.0. The Balaban J connectivity index is 1.64. The van der Waals surface area contributed by atoms with E-state index < -0.39 is 0 Å². The molecule has 1 fully saturated rings. The molecule has 6 nitrogen and oxygen atoms in total. The third-order valence-corrected chi connectivity index (χ3v) is 3.72. The van der Waals surface area contributed by atoms with Gasteiger partial charge in [-0.05, 0) is 25.0 Å². The second-order valence-electron chi connectivity index (χ2n) is 5.35. The van der Waals surface area contributed by atoms with Crippen LogP contribution in [-0.2, 0) is 7.05 Å². The Kier molecular flexibility index (Phi) is 3.73. The molecule has 0 aliphatic carbocycles. The number of anilines is 2. The van der Waals surface area contributed by atoms with Crippen molar-refractivity contribution < 1.29 is 0 Å². The zero-order valence-corrected chi connectivity index (χ0v) is 12.0. The molecule has 3 rings (SSSR count). The van der Waals surface area contributed by atoms with Crippen LogP contribution in [0.1, 0.15) is 18.4 Å². The summed E-state index contributed by atoms with van der Waals surface area (Å²) in [4.78, 5) is 6.62. The number of hydrogen-bond acceptors (Lipinski definition) is 5. The van der Waals surface area contributed by atoms with E-state index in [2.05, 4.69) is 26.4 Å². The number of aryl methyl sites for hydroxylation is 1. The molecule has 0 radical (unpaired) electrons. The summed E-state index contributed by atoms with van der Waals surface area (Å²) >= 11 is 0. The molecule has 3 heterocycles. The van der Waals surface area contributed by atoms with E-state index in [0.29, 0.717) is 11.6 Å². The maximum atomic E-state index is 8.79. The quantitative estimate of drug-likeness (QED) is 0.929. The van der Waals surface area contributed by atoms with Crippen molar-refractivity contribution in [2.45, 2.75) is 18.9 Å². The van der Waals surface area contributed by atoms with Gasteiger partial charge in [0.2, 0.25) is 0 Å². The van der Waals surface area contributed by atoms with Crippen molar-refractivity contribution in [2.75, 3.05) is 23.3 Å². The monoisotopic (exact) mass is 282 g/mol. The lowest BCUT2D eigenvalue weighted by molar-refractivity contribution is 0.529. The molecule has 1 atom stereocenters.